The predicted octanol–water partition coefficient (Wildman–Crippen LogP) is 2.10. The van der Waals surface area contributed by atoms with Gasteiger partial charge in [0, 0.05) is 0 Å². The van der Waals surface area contributed by atoms with Crippen molar-refractivity contribution in [1.29, 1.82) is 5.26 Å². The lowest BCUT2D eigenvalue weighted by atomic mass is 9.82. The van der Waals surface area contributed by atoms with Gasteiger partial charge in [0.2, 0.25) is 0 Å². The van der Waals surface area contributed by atoms with Gasteiger partial charge in [0.25, 0.3) is 0 Å². The zero-order chi connectivity index (χ0) is 13.6. The summed E-state index contributed by atoms with van der Waals surface area (Å²) in [6, 6.07) is 10.5. The second kappa shape index (κ2) is 6.32. The van der Waals surface area contributed by atoms with Gasteiger partial charge < -0.3 is 10.5 Å². The number of nitrogens with two attached hydrogens (primary N) is 1. The van der Waals surface area contributed by atoms with E-state index in [-0.39, 0.29) is 0 Å². The molecule has 0 bridgehead atoms. The highest BCUT2D eigenvalue weighted by Crippen LogP contribution is 2.34. The maximum absolute atomic E-state index is 10.9. The molecule has 2 N–H and O–H groups in total. The van der Waals surface area contributed by atoms with E-state index < -0.39 is 5.41 Å². The molecule has 0 aromatic heterocycles. The Morgan fingerprint density at radius 3 is 2.28 bits per heavy atom. The predicted molar refractivity (Wildman–Crippen MR) is 71.9 cm³/mol. The van der Waals surface area contributed by atoms with Gasteiger partial charge in [-0.3, -0.25) is 0 Å². The largest absolute Gasteiger partial charge is 0.333 e. The molecule has 96 valence electrons. The maximum atomic E-state index is 10.9. The van der Waals surface area contributed by atoms with Crippen molar-refractivity contribution in [3.05, 3.63) is 35.4 Å². The summed E-state index contributed by atoms with van der Waals surface area (Å²) in [5.74, 6) is 0.437. The molecule has 18 heavy (non-hydrogen) atoms. The molecule has 0 heterocycles. The van der Waals surface area contributed by atoms with E-state index in [1.54, 1.807) is 6.92 Å². The lowest BCUT2D eigenvalue weighted by molar-refractivity contribution is -0.113. The summed E-state index contributed by atoms with van der Waals surface area (Å²) >= 11 is 0. The van der Waals surface area contributed by atoms with E-state index in [1.165, 1.54) is 18.2 Å². The molecular formula is C15H20N2O. The molecule has 1 aliphatic rings. The van der Waals surface area contributed by atoms with Crippen molar-refractivity contribution < 1.29 is 4.79 Å². The van der Waals surface area contributed by atoms with Gasteiger partial charge in [-0.25, -0.2) is 0 Å². The fraction of sp³-hybridized carbons (Fsp3) is 0.467. The molecule has 0 spiro atoms. The second-order valence-corrected chi connectivity index (χ2v) is 4.89. The number of carbonyl (C=O) groups is 1. The van der Waals surface area contributed by atoms with E-state index in [1.807, 2.05) is 12.1 Å². The molecule has 1 aromatic rings. The van der Waals surface area contributed by atoms with Crippen molar-refractivity contribution >= 4 is 6.29 Å². The topological polar surface area (TPSA) is 66.9 Å². The third kappa shape index (κ3) is 3.18. The Bertz CT molecular complexity index is 425. The van der Waals surface area contributed by atoms with Crippen molar-refractivity contribution in [2.75, 3.05) is 7.05 Å². The SMILES string of the molecule is CC(C#N)(C=O)CC1Cc2ccccc2C1.CN. The Hall–Kier alpha value is -1.66. The van der Waals surface area contributed by atoms with Crippen molar-refractivity contribution in [2.45, 2.75) is 26.2 Å². The monoisotopic (exact) mass is 244 g/mol. The summed E-state index contributed by atoms with van der Waals surface area (Å²) in [5, 5.41) is 8.98. The third-order valence-corrected chi connectivity index (χ3v) is 3.36. The van der Waals surface area contributed by atoms with Crippen LogP contribution in [0.15, 0.2) is 24.3 Å². The summed E-state index contributed by atoms with van der Waals surface area (Å²) in [6.07, 6.45) is 3.46. The van der Waals surface area contributed by atoms with Crippen LogP contribution < -0.4 is 5.73 Å². The van der Waals surface area contributed by atoms with E-state index in [4.69, 9.17) is 5.26 Å². The van der Waals surface area contributed by atoms with Crippen molar-refractivity contribution in [2.24, 2.45) is 17.1 Å². The molecule has 0 saturated heterocycles. The zero-order valence-corrected chi connectivity index (χ0v) is 11.0. The highest BCUT2D eigenvalue weighted by molar-refractivity contribution is 5.63. The van der Waals surface area contributed by atoms with Gasteiger partial charge in [-0.2, -0.15) is 5.26 Å². The molecule has 0 saturated carbocycles. The lowest BCUT2D eigenvalue weighted by Gasteiger charge is -2.18. The Balaban J connectivity index is 0.000000771. The first-order valence-electron chi connectivity index (χ1n) is 6.19. The number of nitrogens with zero attached hydrogens (tertiary/aromatic N) is 1. The Labute approximate surface area is 109 Å². The van der Waals surface area contributed by atoms with Crippen LogP contribution in [0, 0.1) is 22.7 Å². The Kier molecular flexibility index (Phi) is 5.06. The van der Waals surface area contributed by atoms with E-state index >= 15 is 0 Å². The lowest BCUT2D eigenvalue weighted by Crippen LogP contribution is -2.20. The van der Waals surface area contributed by atoms with Crippen LogP contribution in [0.25, 0.3) is 0 Å². The summed E-state index contributed by atoms with van der Waals surface area (Å²) in [4.78, 5) is 10.9. The first-order chi connectivity index (χ1) is 8.67. The van der Waals surface area contributed by atoms with Gasteiger partial charge in [-0.05, 0) is 50.3 Å². The first-order valence-corrected chi connectivity index (χ1v) is 6.19. The number of rotatable bonds is 3. The summed E-state index contributed by atoms with van der Waals surface area (Å²) in [6.45, 7) is 1.73. The minimum Gasteiger partial charge on any atom is -0.333 e. The van der Waals surface area contributed by atoms with Crippen LogP contribution in [0.5, 0.6) is 0 Å². The Morgan fingerprint density at radius 1 is 1.39 bits per heavy atom. The summed E-state index contributed by atoms with van der Waals surface area (Å²) in [5.41, 5.74) is 6.43. The minimum absolute atomic E-state index is 0.437. The molecule has 0 fully saturated rings. The Morgan fingerprint density at radius 2 is 1.89 bits per heavy atom. The van der Waals surface area contributed by atoms with E-state index in [0.29, 0.717) is 12.3 Å². The van der Waals surface area contributed by atoms with Gasteiger partial charge in [-0.1, -0.05) is 24.3 Å². The number of nitriles is 1. The van der Waals surface area contributed by atoms with Crippen LogP contribution in [0.2, 0.25) is 0 Å². The van der Waals surface area contributed by atoms with Gasteiger partial charge >= 0.3 is 0 Å². The van der Waals surface area contributed by atoms with Gasteiger partial charge in [-0.15, -0.1) is 0 Å². The van der Waals surface area contributed by atoms with Crippen molar-refractivity contribution in [3.8, 4) is 6.07 Å². The molecule has 0 radical (unpaired) electrons. The smallest absolute Gasteiger partial charge is 0.139 e. The van der Waals surface area contributed by atoms with Gasteiger partial charge in [0.15, 0.2) is 0 Å². The van der Waals surface area contributed by atoms with Crippen LogP contribution in [-0.2, 0) is 17.6 Å². The average Bonchev–Trinajstić information content (AvgIpc) is 2.82. The number of benzene rings is 1. The van der Waals surface area contributed by atoms with E-state index in [2.05, 4.69) is 23.9 Å². The van der Waals surface area contributed by atoms with E-state index in [9.17, 15) is 4.79 Å². The van der Waals surface area contributed by atoms with Gasteiger partial charge in [0.05, 0.1) is 6.07 Å². The fourth-order valence-corrected chi connectivity index (χ4v) is 2.51. The number of carbonyl (C=O) groups excluding carboxylic acids is 1. The molecule has 0 aliphatic heterocycles. The molecule has 3 nitrogen and oxygen atoms in total. The number of aldehydes is 1. The summed E-state index contributed by atoms with van der Waals surface area (Å²) < 4.78 is 0. The molecule has 1 atom stereocenters. The maximum Gasteiger partial charge on any atom is 0.139 e. The fourth-order valence-electron chi connectivity index (χ4n) is 2.51. The van der Waals surface area contributed by atoms with Crippen LogP contribution in [0.1, 0.15) is 24.5 Å². The molecule has 2 rings (SSSR count). The van der Waals surface area contributed by atoms with Gasteiger partial charge in [0.1, 0.15) is 11.7 Å². The standard InChI is InChI=1S/C14H15NO.CH5N/c1-14(9-15,10-16)8-11-6-12-4-2-3-5-13(12)7-11;1-2/h2-5,10-11H,6-8H2,1H3;2H2,1H3. The zero-order valence-electron chi connectivity index (χ0n) is 11.0. The first kappa shape index (κ1) is 14.4. The molecule has 1 unspecified atom stereocenters. The second-order valence-electron chi connectivity index (χ2n) is 4.89. The van der Waals surface area contributed by atoms with Crippen LogP contribution in [0.4, 0.5) is 0 Å². The highest BCUT2D eigenvalue weighted by Gasteiger charge is 2.31. The quantitative estimate of drug-likeness (QED) is 0.828. The third-order valence-electron chi connectivity index (χ3n) is 3.36. The van der Waals surface area contributed by atoms with Crippen molar-refractivity contribution in [3.63, 3.8) is 0 Å². The number of hydrogen-bond donors (Lipinski definition) is 1. The average molecular weight is 244 g/mol. The summed E-state index contributed by atoms with van der Waals surface area (Å²) in [7, 11) is 1.50. The van der Waals surface area contributed by atoms with E-state index in [0.717, 1.165) is 19.1 Å². The molecular weight excluding hydrogens is 224 g/mol. The molecule has 3 heteroatoms. The minimum atomic E-state index is -0.813. The molecule has 0 amide bonds. The van der Waals surface area contributed by atoms with Crippen LogP contribution in [-0.4, -0.2) is 13.3 Å². The number of hydrogen-bond acceptors (Lipinski definition) is 3. The van der Waals surface area contributed by atoms with Crippen LogP contribution in [0.3, 0.4) is 0 Å². The van der Waals surface area contributed by atoms with Crippen LogP contribution >= 0.6 is 0 Å². The molecule has 1 aromatic carbocycles. The normalized spacial score (nSPS) is 16.8. The number of fused-ring (bicyclic) bond motifs is 1. The highest BCUT2D eigenvalue weighted by atomic mass is 16.1. The van der Waals surface area contributed by atoms with Crippen molar-refractivity contribution in [1.82, 2.24) is 0 Å². The molecule has 1 aliphatic carbocycles.